The summed E-state index contributed by atoms with van der Waals surface area (Å²) in [6, 6.07) is 8.58. The highest BCUT2D eigenvalue weighted by Gasteiger charge is 2.43. The number of benzene rings is 1. The van der Waals surface area contributed by atoms with E-state index in [9.17, 15) is 18.3 Å². The molecule has 0 aliphatic rings. The molecule has 1 rings (SSSR count). The second kappa shape index (κ2) is 6.77. The molecule has 8 heteroatoms. The van der Waals surface area contributed by atoms with Crippen LogP contribution in [0.1, 0.15) is 12.5 Å². The van der Waals surface area contributed by atoms with E-state index < -0.39 is 36.6 Å². The van der Waals surface area contributed by atoms with Crippen molar-refractivity contribution in [2.24, 2.45) is 16.8 Å². The van der Waals surface area contributed by atoms with Crippen LogP contribution in [-0.4, -0.2) is 35.5 Å². The molecule has 5 nitrogen and oxygen atoms in total. The minimum Gasteiger partial charge on any atom is -0.409 e. The number of nitrogens with one attached hydrogen (secondary N) is 1. The monoisotopic (exact) mass is 305 g/mol. The van der Waals surface area contributed by atoms with Crippen LogP contribution < -0.4 is 11.1 Å². The van der Waals surface area contributed by atoms with Crippen molar-refractivity contribution >= 4 is 5.84 Å². The second-order valence-corrected chi connectivity index (χ2v) is 4.86. The quantitative estimate of drug-likeness (QED) is 0.277. The lowest BCUT2D eigenvalue weighted by Crippen LogP contribution is -2.50. The highest BCUT2D eigenvalue weighted by Crippen LogP contribution is 2.28. The number of amidine groups is 1. The van der Waals surface area contributed by atoms with Crippen molar-refractivity contribution in [2.45, 2.75) is 18.6 Å². The molecule has 0 radical (unpaired) electrons. The molecule has 0 heterocycles. The molecule has 1 aromatic carbocycles. The number of alkyl halides is 3. The van der Waals surface area contributed by atoms with Gasteiger partial charge in [-0.3, -0.25) is 0 Å². The van der Waals surface area contributed by atoms with Gasteiger partial charge in [-0.05, 0) is 12.5 Å². The van der Waals surface area contributed by atoms with Crippen molar-refractivity contribution in [3.8, 4) is 0 Å². The topological polar surface area (TPSA) is 90.9 Å². The van der Waals surface area contributed by atoms with Crippen molar-refractivity contribution in [3.63, 3.8) is 0 Å². The molecular weight excluding hydrogens is 287 g/mol. The molecule has 0 aliphatic heterocycles. The Morgan fingerprint density at radius 2 is 1.90 bits per heavy atom. The average Bonchev–Trinajstić information content (AvgIpc) is 2.46. The maximum absolute atomic E-state index is 12.9. The molecule has 1 aromatic rings. The van der Waals surface area contributed by atoms with E-state index in [1.165, 1.54) is 0 Å². The van der Waals surface area contributed by atoms with Crippen LogP contribution in [0.5, 0.6) is 0 Å². The molecule has 0 amide bonds. The molecule has 0 aromatic heterocycles. The Hall–Kier alpha value is -1.80. The molecule has 2 unspecified atom stereocenters. The third kappa shape index (κ3) is 4.33. The van der Waals surface area contributed by atoms with Gasteiger partial charge < -0.3 is 21.4 Å². The van der Waals surface area contributed by atoms with E-state index in [2.05, 4.69) is 10.5 Å². The summed E-state index contributed by atoms with van der Waals surface area (Å²) in [7, 11) is 0. The van der Waals surface area contributed by atoms with Gasteiger partial charge in [0.1, 0.15) is 5.92 Å². The summed E-state index contributed by atoms with van der Waals surface area (Å²) in [6.07, 6.45) is -4.66. The summed E-state index contributed by atoms with van der Waals surface area (Å²) < 4.78 is 38.6. The van der Waals surface area contributed by atoms with Crippen molar-refractivity contribution in [2.75, 3.05) is 13.2 Å². The largest absolute Gasteiger partial charge is 0.409 e. The van der Waals surface area contributed by atoms with Gasteiger partial charge in [0.25, 0.3) is 0 Å². The minimum atomic E-state index is -4.66. The first-order valence-electron chi connectivity index (χ1n) is 6.20. The number of nitrogens with zero attached hydrogens (tertiary/aromatic N) is 1. The zero-order valence-corrected chi connectivity index (χ0v) is 11.4. The van der Waals surface area contributed by atoms with Crippen LogP contribution in [0.2, 0.25) is 0 Å². The Bertz CT molecular complexity index is 479. The lowest BCUT2D eigenvalue weighted by atomic mass is 9.92. The van der Waals surface area contributed by atoms with E-state index >= 15 is 0 Å². The Morgan fingerprint density at radius 3 is 2.33 bits per heavy atom. The highest BCUT2D eigenvalue weighted by molar-refractivity contribution is 5.83. The minimum absolute atomic E-state index is 0.405. The maximum Gasteiger partial charge on any atom is 0.400 e. The smallest absolute Gasteiger partial charge is 0.400 e. The summed E-state index contributed by atoms with van der Waals surface area (Å²) in [4.78, 5) is 0. The third-order valence-electron chi connectivity index (χ3n) is 3.29. The standard InChI is InChI=1S/C13H18F3N3O2/c1-12(8-20,9-5-3-2-4-6-9)18-7-10(11(17)19-21)13(14,15)16/h2-6,10,18,20-21H,7-8H2,1H3,(H2,17,19). The molecule has 0 aliphatic carbocycles. The lowest BCUT2D eigenvalue weighted by molar-refractivity contribution is -0.156. The van der Waals surface area contributed by atoms with Crippen molar-refractivity contribution < 1.29 is 23.5 Å². The van der Waals surface area contributed by atoms with Gasteiger partial charge >= 0.3 is 6.18 Å². The zero-order chi connectivity index (χ0) is 16.1. The van der Waals surface area contributed by atoms with Crippen molar-refractivity contribution in [1.29, 1.82) is 0 Å². The van der Waals surface area contributed by atoms with Gasteiger partial charge in [0.15, 0.2) is 5.84 Å². The van der Waals surface area contributed by atoms with E-state index in [4.69, 9.17) is 10.9 Å². The fourth-order valence-corrected chi connectivity index (χ4v) is 1.84. The van der Waals surface area contributed by atoms with Gasteiger partial charge in [-0.25, -0.2) is 0 Å². The first-order valence-corrected chi connectivity index (χ1v) is 6.20. The fraction of sp³-hybridized carbons (Fsp3) is 0.462. The predicted octanol–water partition coefficient (Wildman–Crippen LogP) is 1.41. The number of aliphatic hydroxyl groups is 1. The zero-order valence-electron chi connectivity index (χ0n) is 11.4. The van der Waals surface area contributed by atoms with Crippen LogP contribution in [0.25, 0.3) is 0 Å². The molecular formula is C13H18F3N3O2. The summed E-state index contributed by atoms with van der Waals surface area (Å²) in [5.74, 6) is -3.07. The van der Waals surface area contributed by atoms with Gasteiger partial charge in [-0.2, -0.15) is 13.2 Å². The van der Waals surface area contributed by atoms with Crippen LogP contribution in [0.15, 0.2) is 35.5 Å². The van der Waals surface area contributed by atoms with Gasteiger partial charge in [-0.15, -0.1) is 0 Å². The Labute approximate surface area is 120 Å². The van der Waals surface area contributed by atoms with E-state index in [1.807, 2.05) is 0 Å². The van der Waals surface area contributed by atoms with Gasteiger partial charge in [0.2, 0.25) is 0 Å². The molecule has 0 saturated heterocycles. The van der Waals surface area contributed by atoms with Crippen LogP contribution in [0, 0.1) is 5.92 Å². The predicted molar refractivity (Wildman–Crippen MR) is 71.8 cm³/mol. The summed E-state index contributed by atoms with van der Waals surface area (Å²) in [5.41, 5.74) is 4.65. The molecule has 0 fully saturated rings. The van der Waals surface area contributed by atoms with Crippen LogP contribution in [-0.2, 0) is 5.54 Å². The number of hydrogen-bond acceptors (Lipinski definition) is 4. The Morgan fingerprint density at radius 1 is 1.33 bits per heavy atom. The molecule has 0 spiro atoms. The number of rotatable bonds is 6. The number of halogens is 3. The molecule has 118 valence electrons. The molecule has 0 saturated carbocycles. The summed E-state index contributed by atoms with van der Waals surface area (Å²) >= 11 is 0. The molecule has 2 atom stereocenters. The first-order chi connectivity index (χ1) is 9.74. The van der Waals surface area contributed by atoms with E-state index in [-0.39, 0.29) is 0 Å². The van der Waals surface area contributed by atoms with Crippen LogP contribution >= 0.6 is 0 Å². The lowest BCUT2D eigenvalue weighted by Gasteiger charge is -2.31. The maximum atomic E-state index is 12.9. The van der Waals surface area contributed by atoms with E-state index in [0.29, 0.717) is 5.56 Å². The molecule has 5 N–H and O–H groups in total. The van der Waals surface area contributed by atoms with Crippen molar-refractivity contribution in [1.82, 2.24) is 5.32 Å². The third-order valence-corrected chi connectivity index (χ3v) is 3.29. The molecule has 0 bridgehead atoms. The number of hydrogen-bond donors (Lipinski definition) is 4. The number of oxime groups is 1. The average molecular weight is 305 g/mol. The van der Waals surface area contributed by atoms with Gasteiger partial charge in [-0.1, -0.05) is 35.5 Å². The van der Waals surface area contributed by atoms with E-state index in [1.54, 1.807) is 37.3 Å². The second-order valence-electron chi connectivity index (χ2n) is 4.86. The number of aliphatic hydroxyl groups excluding tert-OH is 1. The fourth-order valence-electron chi connectivity index (χ4n) is 1.84. The van der Waals surface area contributed by atoms with Gasteiger partial charge in [0, 0.05) is 6.54 Å². The van der Waals surface area contributed by atoms with Crippen LogP contribution in [0.4, 0.5) is 13.2 Å². The summed E-state index contributed by atoms with van der Waals surface area (Å²) in [6.45, 7) is 0.547. The number of nitrogens with two attached hydrogens (primary N) is 1. The molecule has 21 heavy (non-hydrogen) atoms. The Balaban J connectivity index is 2.92. The van der Waals surface area contributed by atoms with Gasteiger partial charge in [0.05, 0.1) is 12.1 Å². The SMILES string of the molecule is CC(CO)(NCC(/C(N)=N/O)C(F)(F)F)c1ccccc1. The normalized spacial score (nSPS) is 17.3. The van der Waals surface area contributed by atoms with Crippen LogP contribution in [0.3, 0.4) is 0 Å². The first kappa shape index (κ1) is 17.3. The Kier molecular flexibility index (Phi) is 5.56. The summed E-state index contributed by atoms with van der Waals surface area (Å²) in [5, 5.41) is 23.0. The van der Waals surface area contributed by atoms with Crippen molar-refractivity contribution in [3.05, 3.63) is 35.9 Å². The highest BCUT2D eigenvalue weighted by atomic mass is 19.4. The van der Waals surface area contributed by atoms with E-state index in [0.717, 1.165) is 0 Å².